The number of hydrogen-bond donors (Lipinski definition) is 0. The van der Waals surface area contributed by atoms with E-state index in [-0.39, 0.29) is 5.92 Å². The molecular weight excluding hydrogens is 344 g/mol. The van der Waals surface area contributed by atoms with E-state index < -0.39 is 0 Å². The molecule has 2 aromatic carbocycles. The first kappa shape index (κ1) is 18.8. The van der Waals surface area contributed by atoms with E-state index >= 15 is 0 Å². The Morgan fingerprint density at radius 1 is 1.04 bits per heavy atom. The van der Waals surface area contributed by atoms with Gasteiger partial charge in [0.25, 0.3) is 0 Å². The second-order valence-corrected chi connectivity index (χ2v) is 6.50. The Balaban J connectivity index is 1.91. The summed E-state index contributed by atoms with van der Waals surface area (Å²) in [4.78, 5) is 12.9. The van der Waals surface area contributed by atoms with Crippen molar-refractivity contribution in [3.05, 3.63) is 51.9 Å². The smallest absolute Gasteiger partial charge is 0.203 e. The Labute approximate surface area is 159 Å². The monoisotopic (exact) mass is 368 g/mol. The van der Waals surface area contributed by atoms with Crippen LogP contribution in [0.2, 0.25) is 0 Å². The Morgan fingerprint density at radius 2 is 1.70 bits per heavy atom. The summed E-state index contributed by atoms with van der Waals surface area (Å²) in [6.07, 6.45) is 4.03. The molecular formula is C21H24N2O4. The summed E-state index contributed by atoms with van der Waals surface area (Å²) < 4.78 is 16.2. The van der Waals surface area contributed by atoms with Crippen molar-refractivity contribution in [2.45, 2.75) is 5.92 Å². The summed E-state index contributed by atoms with van der Waals surface area (Å²) in [7, 11) is 6.82. The van der Waals surface area contributed by atoms with Crippen molar-refractivity contribution in [2.75, 3.05) is 46.4 Å². The standard InChI is InChI=1S/C21H24N2O4/c1-23-13-16(12-22-24)17-9-14(7-8-18(17)23)5-6-15-10-19(25-2)21(27-4)20(11-15)26-3/h5-11,16H,12-13H2,1-4H3/b6-5-. The molecule has 0 spiro atoms. The number of anilines is 1. The lowest BCUT2D eigenvalue weighted by molar-refractivity contribution is 0.324. The molecule has 6 nitrogen and oxygen atoms in total. The maximum Gasteiger partial charge on any atom is 0.203 e. The number of ether oxygens (including phenoxy) is 3. The SMILES string of the molecule is COc1cc(/C=C\c2ccc3c(c2)C(CN=O)CN3C)cc(OC)c1OC. The van der Waals surface area contributed by atoms with Crippen LogP contribution in [0.5, 0.6) is 17.2 Å². The van der Waals surface area contributed by atoms with E-state index in [9.17, 15) is 4.91 Å². The predicted octanol–water partition coefficient (Wildman–Crippen LogP) is 4.18. The van der Waals surface area contributed by atoms with Gasteiger partial charge in [-0.2, -0.15) is 4.91 Å². The van der Waals surface area contributed by atoms with Crippen molar-refractivity contribution in [3.8, 4) is 17.2 Å². The molecule has 142 valence electrons. The summed E-state index contributed by atoms with van der Waals surface area (Å²) in [5, 5.41) is 3.09. The summed E-state index contributed by atoms with van der Waals surface area (Å²) in [6, 6.07) is 10.1. The molecule has 3 rings (SSSR count). The molecule has 0 aromatic heterocycles. The number of methoxy groups -OCH3 is 3. The van der Waals surface area contributed by atoms with Gasteiger partial charge in [-0.1, -0.05) is 23.4 Å². The summed E-state index contributed by atoms with van der Waals surface area (Å²) in [5.74, 6) is 1.95. The molecule has 0 N–H and O–H groups in total. The number of nitroso groups, excluding NO2 is 1. The second-order valence-electron chi connectivity index (χ2n) is 6.50. The quantitative estimate of drug-likeness (QED) is 0.542. The van der Waals surface area contributed by atoms with Crippen molar-refractivity contribution in [1.29, 1.82) is 0 Å². The minimum atomic E-state index is 0.150. The van der Waals surface area contributed by atoms with Crippen molar-refractivity contribution >= 4 is 17.8 Å². The third kappa shape index (κ3) is 3.74. The van der Waals surface area contributed by atoms with E-state index in [2.05, 4.69) is 28.3 Å². The minimum absolute atomic E-state index is 0.150. The first-order chi connectivity index (χ1) is 13.1. The highest BCUT2D eigenvalue weighted by Gasteiger charge is 2.26. The molecule has 1 aliphatic rings. The zero-order chi connectivity index (χ0) is 19.4. The second kappa shape index (κ2) is 8.12. The van der Waals surface area contributed by atoms with Gasteiger partial charge < -0.3 is 19.1 Å². The van der Waals surface area contributed by atoms with Gasteiger partial charge in [-0.15, -0.1) is 0 Å². The van der Waals surface area contributed by atoms with E-state index in [0.717, 1.165) is 23.4 Å². The van der Waals surface area contributed by atoms with Crippen LogP contribution in [-0.4, -0.2) is 41.5 Å². The normalized spacial score (nSPS) is 15.7. The molecule has 0 saturated carbocycles. The molecule has 0 bridgehead atoms. The zero-order valence-electron chi connectivity index (χ0n) is 16.1. The van der Waals surface area contributed by atoms with Gasteiger partial charge in [0, 0.05) is 25.2 Å². The topological polar surface area (TPSA) is 60.4 Å². The van der Waals surface area contributed by atoms with Crippen molar-refractivity contribution in [1.82, 2.24) is 0 Å². The molecule has 0 amide bonds. The van der Waals surface area contributed by atoms with E-state index in [4.69, 9.17) is 14.2 Å². The predicted molar refractivity (Wildman–Crippen MR) is 108 cm³/mol. The van der Waals surface area contributed by atoms with Crippen LogP contribution in [0.3, 0.4) is 0 Å². The average molecular weight is 368 g/mol. The van der Waals surface area contributed by atoms with Gasteiger partial charge in [-0.05, 0) is 41.0 Å². The first-order valence-electron chi connectivity index (χ1n) is 8.73. The number of hydrogen-bond acceptors (Lipinski definition) is 6. The summed E-state index contributed by atoms with van der Waals surface area (Å²) >= 11 is 0. The van der Waals surface area contributed by atoms with Crippen LogP contribution in [-0.2, 0) is 0 Å². The molecule has 27 heavy (non-hydrogen) atoms. The Morgan fingerprint density at radius 3 is 2.30 bits per heavy atom. The number of rotatable bonds is 7. The molecule has 0 saturated heterocycles. The van der Waals surface area contributed by atoms with Crippen LogP contribution in [0.25, 0.3) is 12.2 Å². The summed E-state index contributed by atoms with van der Waals surface area (Å²) in [6.45, 7) is 1.12. The van der Waals surface area contributed by atoms with Crippen LogP contribution in [0.4, 0.5) is 5.69 Å². The molecule has 6 heteroatoms. The van der Waals surface area contributed by atoms with E-state index in [1.54, 1.807) is 21.3 Å². The fraction of sp³-hybridized carbons (Fsp3) is 0.333. The van der Waals surface area contributed by atoms with Gasteiger partial charge in [-0.3, -0.25) is 0 Å². The van der Waals surface area contributed by atoms with Crippen LogP contribution in [0.1, 0.15) is 22.6 Å². The van der Waals surface area contributed by atoms with Crippen LogP contribution >= 0.6 is 0 Å². The lowest BCUT2D eigenvalue weighted by Gasteiger charge is -2.13. The molecule has 0 radical (unpaired) electrons. The molecule has 0 fully saturated rings. The Hall–Kier alpha value is -3.02. The maximum atomic E-state index is 10.7. The van der Waals surface area contributed by atoms with Gasteiger partial charge in [-0.25, -0.2) is 0 Å². The fourth-order valence-corrected chi connectivity index (χ4v) is 3.51. The molecule has 1 unspecified atom stereocenters. The molecule has 1 aliphatic heterocycles. The molecule has 1 atom stereocenters. The highest BCUT2D eigenvalue weighted by Crippen LogP contribution is 2.39. The molecule has 0 aliphatic carbocycles. The first-order valence-corrected chi connectivity index (χ1v) is 8.73. The molecule has 1 heterocycles. The lowest BCUT2D eigenvalue weighted by atomic mass is 9.99. The highest BCUT2D eigenvalue weighted by atomic mass is 16.5. The summed E-state index contributed by atoms with van der Waals surface area (Å²) in [5.41, 5.74) is 4.33. The number of nitrogens with zero attached hydrogens (tertiary/aromatic N) is 2. The van der Waals surface area contributed by atoms with Crippen molar-refractivity contribution in [2.24, 2.45) is 5.18 Å². The van der Waals surface area contributed by atoms with Crippen LogP contribution in [0, 0.1) is 4.91 Å². The minimum Gasteiger partial charge on any atom is -0.493 e. The third-order valence-corrected chi connectivity index (χ3v) is 4.85. The van der Waals surface area contributed by atoms with Crippen LogP contribution in [0.15, 0.2) is 35.5 Å². The van der Waals surface area contributed by atoms with Gasteiger partial charge in [0.1, 0.15) is 0 Å². The highest BCUT2D eigenvalue weighted by molar-refractivity contribution is 5.75. The van der Waals surface area contributed by atoms with Crippen molar-refractivity contribution < 1.29 is 14.2 Å². The maximum absolute atomic E-state index is 10.7. The number of likely N-dealkylation sites (N-methyl/N-ethyl adjacent to an activating group) is 1. The molecule has 2 aromatic rings. The van der Waals surface area contributed by atoms with Crippen molar-refractivity contribution in [3.63, 3.8) is 0 Å². The number of benzene rings is 2. The van der Waals surface area contributed by atoms with Gasteiger partial charge in [0.15, 0.2) is 11.5 Å². The van der Waals surface area contributed by atoms with Gasteiger partial charge in [0.05, 0.1) is 27.9 Å². The fourth-order valence-electron chi connectivity index (χ4n) is 3.51. The Bertz CT molecular complexity index is 838. The zero-order valence-corrected chi connectivity index (χ0v) is 16.1. The van der Waals surface area contributed by atoms with Gasteiger partial charge >= 0.3 is 0 Å². The van der Waals surface area contributed by atoms with Crippen LogP contribution < -0.4 is 19.1 Å². The largest absolute Gasteiger partial charge is 0.493 e. The van der Waals surface area contributed by atoms with E-state index in [0.29, 0.717) is 23.8 Å². The Kier molecular flexibility index (Phi) is 5.64. The van der Waals surface area contributed by atoms with E-state index in [1.807, 2.05) is 31.3 Å². The average Bonchev–Trinajstić information content (AvgIpc) is 3.00. The number of fused-ring (bicyclic) bond motifs is 1. The lowest BCUT2D eigenvalue weighted by Crippen LogP contribution is -2.16. The third-order valence-electron chi connectivity index (χ3n) is 4.85. The van der Waals surface area contributed by atoms with Gasteiger partial charge in [0.2, 0.25) is 5.75 Å². The van der Waals surface area contributed by atoms with E-state index in [1.165, 1.54) is 5.56 Å².